The summed E-state index contributed by atoms with van der Waals surface area (Å²) in [5.74, 6) is 0.743. The Morgan fingerprint density at radius 1 is 1.10 bits per heavy atom. The van der Waals surface area contributed by atoms with Gasteiger partial charge in [0.05, 0.1) is 0 Å². The van der Waals surface area contributed by atoms with Crippen molar-refractivity contribution in [3.63, 3.8) is 0 Å². The molecule has 2 atom stereocenters. The van der Waals surface area contributed by atoms with Gasteiger partial charge >= 0.3 is 0 Å². The molecule has 0 unspecified atom stereocenters. The summed E-state index contributed by atoms with van der Waals surface area (Å²) in [6.45, 7) is 4.28. The maximum atomic E-state index is 13.1. The fourth-order valence-electron chi connectivity index (χ4n) is 5.02. The average molecular weight is 436 g/mol. The van der Waals surface area contributed by atoms with E-state index in [9.17, 15) is 13.2 Å². The minimum atomic E-state index is -3.73. The summed E-state index contributed by atoms with van der Waals surface area (Å²) < 4.78 is 35.1. The van der Waals surface area contributed by atoms with Gasteiger partial charge in [-0.05, 0) is 48.8 Å². The van der Waals surface area contributed by atoms with Crippen LogP contribution in [0.15, 0.2) is 38.6 Å². The average Bonchev–Trinajstić information content (AvgIpc) is 3.27. The predicted octanol–water partition coefficient (Wildman–Crippen LogP) is 2.31. The maximum absolute atomic E-state index is 13.1. The Hall–Kier alpha value is -1.68. The lowest BCUT2D eigenvalue weighted by Gasteiger charge is -2.46. The van der Waals surface area contributed by atoms with E-state index in [0.29, 0.717) is 24.4 Å². The third-order valence-electron chi connectivity index (χ3n) is 6.34. The number of aromatic nitrogens is 1. The Balaban J connectivity index is 1.41. The summed E-state index contributed by atoms with van der Waals surface area (Å²) in [5, 5.41) is 1.71. The Bertz CT molecular complexity index is 1040. The predicted molar refractivity (Wildman–Crippen MR) is 112 cm³/mol. The summed E-state index contributed by atoms with van der Waals surface area (Å²) in [4.78, 5) is 15.7. The van der Waals surface area contributed by atoms with Crippen LogP contribution in [-0.2, 0) is 21.3 Å². The number of piperidine rings is 1. The fourth-order valence-corrected chi connectivity index (χ4v) is 7.07. The molecule has 2 aromatic rings. The zero-order valence-electron chi connectivity index (χ0n) is 16.1. The molecule has 7 nitrogen and oxygen atoms in total. The van der Waals surface area contributed by atoms with Gasteiger partial charge in [0.25, 0.3) is 15.6 Å². The number of pyridine rings is 1. The van der Waals surface area contributed by atoms with Gasteiger partial charge in [-0.1, -0.05) is 6.07 Å². The quantitative estimate of drug-likeness (QED) is 0.797. The van der Waals surface area contributed by atoms with E-state index in [0.717, 1.165) is 62.6 Å². The van der Waals surface area contributed by atoms with Gasteiger partial charge in [-0.2, -0.15) is 0 Å². The van der Waals surface area contributed by atoms with Crippen molar-refractivity contribution >= 4 is 27.0 Å². The van der Waals surface area contributed by atoms with E-state index in [1.54, 1.807) is 22.1 Å². The molecule has 0 aliphatic carbocycles. The zero-order chi connectivity index (χ0) is 20.0. The van der Waals surface area contributed by atoms with E-state index in [-0.39, 0.29) is 15.5 Å². The van der Waals surface area contributed by atoms with Crippen molar-refractivity contribution in [2.24, 2.45) is 5.92 Å². The number of ether oxygens (including phenoxy) is 1. The fraction of sp³-hybridized carbons (Fsp3) is 0.550. The Morgan fingerprint density at radius 3 is 2.69 bits per heavy atom. The lowest BCUT2D eigenvalue weighted by Crippen LogP contribution is -2.51. The number of hydrogen-bond acceptors (Lipinski definition) is 6. The Morgan fingerprint density at radius 2 is 1.93 bits per heavy atom. The molecule has 2 aromatic heterocycles. The van der Waals surface area contributed by atoms with Gasteiger partial charge in [0.1, 0.15) is 9.90 Å². The Kier molecular flexibility index (Phi) is 5.01. The summed E-state index contributed by atoms with van der Waals surface area (Å²) in [6, 6.07) is 7.36. The van der Waals surface area contributed by atoms with Crippen LogP contribution in [0.25, 0.3) is 0 Å². The summed E-state index contributed by atoms with van der Waals surface area (Å²) >= 11 is 1.14. The summed E-state index contributed by atoms with van der Waals surface area (Å²) in [5.41, 5.74) is 0.919. The molecule has 3 aliphatic heterocycles. The smallest absolute Gasteiger partial charge is 0.275 e. The van der Waals surface area contributed by atoms with Gasteiger partial charge in [-0.25, -0.2) is 8.42 Å². The number of sulfonamides is 1. The van der Waals surface area contributed by atoms with Gasteiger partial charge in [-0.3, -0.25) is 14.4 Å². The molecule has 2 bridgehead atoms. The van der Waals surface area contributed by atoms with Crippen LogP contribution in [0.5, 0.6) is 0 Å². The van der Waals surface area contributed by atoms with Crippen molar-refractivity contribution in [3.05, 3.63) is 45.7 Å². The first kappa shape index (κ1) is 19.3. The lowest BCUT2D eigenvalue weighted by atomic mass is 9.82. The molecule has 2 fully saturated rings. The van der Waals surface area contributed by atoms with Crippen molar-refractivity contribution in [1.29, 1.82) is 0 Å². The lowest BCUT2D eigenvalue weighted by molar-refractivity contribution is 0.00589. The molecule has 0 radical (unpaired) electrons. The van der Waals surface area contributed by atoms with Crippen LogP contribution in [0.1, 0.15) is 30.9 Å². The van der Waals surface area contributed by atoms with Gasteiger partial charge < -0.3 is 9.30 Å². The van der Waals surface area contributed by atoms with Crippen LogP contribution in [0.4, 0.5) is 5.69 Å². The first-order valence-corrected chi connectivity index (χ1v) is 12.5. The van der Waals surface area contributed by atoms with E-state index in [1.165, 1.54) is 6.07 Å². The summed E-state index contributed by atoms with van der Waals surface area (Å²) in [6.07, 6.45) is 3.25. The molecular formula is C20H25N3O4S2. The molecule has 0 saturated carbocycles. The van der Waals surface area contributed by atoms with Crippen molar-refractivity contribution in [2.45, 2.75) is 42.0 Å². The van der Waals surface area contributed by atoms with Crippen LogP contribution in [-0.4, -0.2) is 50.2 Å². The number of likely N-dealkylation sites (tertiary alicyclic amines) is 1. The normalized spacial score (nSPS) is 25.5. The molecular weight excluding hydrogens is 410 g/mol. The number of rotatable bonds is 4. The van der Waals surface area contributed by atoms with Crippen LogP contribution in [0.2, 0.25) is 0 Å². The number of fused-ring (bicyclic) bond motifs is 4. The molecule has 29 heavy (non-hydrogen) atoms. The molecule has 2 saturated heterocycles. The largest absolute Gasteiger partial charge is 0.381 e. The maximum Gasteiger partial charge on any atom is 0.275 e. The second-order valence-electron chi connectivity index (χ2n) is 8.22. The number of thiophene rings is 1. The molecule has 5 rings (SSSR count). The van der Waals surface area contributed by atoms with Crippen LogP contribution in [0, 0.1) is 5.92 Å². The van der Waals surface area contributed by atoms with E-state index in [2.05, 4.69) is 9.62 Å². The topological polar surface area (TPSA) is 80.6 Å². The van der Waals surface area contributed by atoms with Crippen LogP contribution < -0.4 is 10.3 Å². The minimum absolute atomic E-state index is 0.128. The van der Waals surface area contributed by atoms with Crippen LogP contribution >= 0.6 is 11.3 Å². The SMILES string of the molecule is O=c1c(NS(=O)(=O)c2cccs2)ccc2n1C[C@H]1C[C@@H]2CN(C2CCOCC2)C1. The highest BCUT2D eigenvalue weighted by Gasteiger charge is 2.37. The number of hydrogen-bond donors (Lipinski definition) is 1. The van der Waals surface area contributed by atoms with Gasteiger partial charge in [0.2, 0.25) is 0 Å². The summed E-state index contributed by atoms with van der Waals surface area (Å²) in [7, 11) is -3.73. The van der Waals surface area contributed by atoms with Gasteiger partial charge in [0, 0.05) is 50.5 Å². The molecule has 0 amide bonds. The van der Waals surface area contributed by atoms with Crippen molar-refractivity contribution in [3.8, 4) is 0 Å². The van der Waals surface area contributed by atoms with E-state index < -0.39 is 10.0 Å². The van der Waals surface area contributed by atoms with E-state index in [4.69, 9.17) is 4.74 Å². The number of nitrogens with one attached hydrogen (secondary N) is 1. The molecule has 0 spiro atoms. The highest BCUT2D eigenvalue weighted by Crippen LogP contribution is 2.37. The number of anilines is 1. The van der Waals surface area contributed by atoms with Crippen LogP contribution in [0.3, 0.4) is 0 Å². The van der Waals surface area contributed by atoms with Crippen molar-refractivity contribution in [1.82, 2.24) is 9.47 Å². The van der Waals surface area contributed by atoms with E-state index in [1.807, 2.05) is 6.07 Å². The first-order chi connectivity index (χ1) is 14.0. The first-order valence-electron chi connectivity index (χ1n) is 10.1. The highest BCUT2D eigenvalue weighted by molar-refractivity contribution is 7.94. The van der Waals surface area contributed by atoms with Gasteiger partial charge in [0.15, 0.2) is 0 Å². The Labute approximate surface area is 174 Å². The van der Waals surface area contributed by atoms with Crippen molar-refractivity contribution in [2.75, 3.05) is 31.0 Å². The third kappa shape index (κ3) is 3.65. The van der Waals surface area contributed by atoms with Crippen molar-refractivity contribution < 1.29 is 13.2 Å². The van der Waals surface area contributed by atoms with E-state index >= 15 is 0 Å². The molecule has 3 aliphatic rings. The number of nitrogens with zero attached hydrogens (tertiary/aromatic N) is 2. The second-order valence-corrected chi connectivity index (χ2v) is 11.1. The standard InChI is InChI=1S/C20H25N3O4S2/c24-20-17(21-29(25,26)19-2-1-9-28-19)3-4-18-15-10-14(12-23(18)20)11-22(13-15)16-5-7-27-8-6-16/h1-4,9,14-16,21H,5-8,10-13H2/t14-,15+/m0/s1. The minimum Gasteiger partial charge on any atom is -0.381 e. The molecule has 9 heteroatoms. The molecule has 156 valence electrons. The molecule has 0 aromatic carbocycles. The molecule has 1 N–H and O–H groups in total. The monoisotopic (exact) mass is 435 g/mol. The molecule has 5 heterocycles. The highest BCUT2D eigenvalue weighted by atomic mass is 32.2. The zero-order valence-corrected chi connectivity index (χ0v) is 17.8. The third-order valence-corrected chi connectivity index (χ3v) is 9.11. The second kappa shape index (κ2) is 7.54. The van der Waals surface area contributed by atoms with Gasteiger partial charge in [-0.15, -0.1) is 11.3 Å².